The Labute approximate surface area is 120 Å². The SMILES string of the molecule is CC(C)(C)N1C(=O)N(Cc2ccccc2)C(C)(C)C1=O. The molecule has 1 heterocycles. The second-order valence-electron chi connectivity index (χ2n) is 6.72. The smallest absolute Gasteiger partial charge is 0.306 e. The Bertz CT molecular complexity index is 529. The lowest BCUT2D eigenvalue weighted by atomic mass is 10.0. The first-order chi connectivity index (χ1) is 9.15. The summed E-state index contributed by atoms with van der Waals surface area (Å²) >= 11 is 0. The van der Waals surface area contributed by atoms with Crippen LogP contribution in [-0.4, -0.2) is 32.8 Å². The summed E-state index contributed by atoms with van der Waals surface area (Å²) in [5.41, 5.74) is -0.283. The molecule has 3 amide bonds. The highest BCUT2D eigenvalue weighted by atomic mass is 16.2. The van der Waals surface area contributed by atoms with Crippen LogP contribution in [0.5, 0.6) is 0 Å². The molecular formula is C16H22N2O2. The topological polar surface area (TPSA) is 40.6 Å². The summed E-state index contributed by atoms with van der Waals surface area (Å²) in [6.07, 6.45) is 0. The number of carbonyl (C=O) groups is 2. The number of urea groups is 1. The first kappa shape index (κ1) is 14.6. The minimum absolute atomic E-state index is 0.133. The van der Waals surface area contributed by atoms with Crippen molar-refractivity contribution in [3.63, 3.8) is 0 Å². The van der Waals surface area contributed by atoms with E-state index in [0.717, 1.165) is 5.56 Å². The second-order valence-corrected chi connectivity index (χ2v) is 6.72. The predicted octanol–water partition coefficient (Wildman–Crippen LogP) is 3.03. The average molecular weight is 274 g/mol. The van der Waals surface area contributed by atoms with Gasteiger partial charge in [0.25, 0.3) is 5.91 Å². The van der Waals surface area contributed by atoms with E-state index in [2.05, 4.69) is 0 Å². The monoisotopic (exact) mass is 274 g/mol. The molecule has 4 heteroatoms. The van der Waals surface area contributed by atoms with Gasteiger partial charge in [-0.3, -0.25) is 9.69 Å². The number of amides is 3. The molecule has 20 heavy (non-hydrogen) atoms. The molecule has 0 saturated carbocycles. The van der Waals surface area contributed by atoms with Gasteiger partial charge in [0.1, 0.15) is 5.54 Å². The standard InChI is InChI=1S/C16H22N2O2/c1-15(2,3)18-13(19)16(4,5)17(14(18)20)11-12-9-7-6-8-10-12/h6-10H,11H2,1-5H3. The Hall–Kier alpha value is -1.84. The number of benzene rings is 1. The van der Waals surface area contributed by atoms with Crippen molar-refractivity contribution < 1.29 is 9.59 Å². The molecule has 1 fully saturated rings. The number of imide groups is 1. The lowest BCUT2D eigenvalue weighted by Gasteiger charge is -2.29. The minimum Gasteiger partial charge on any atom is -0.306 e. The van der Waals surface area contributed by atoms with Crippen LogP contribution in [0.1, 0.15) is 40.2 Å². The Morgan fingerprint density at radius 2 is 1.60 bits per heavy atom. The molecule has 4 nitrogen and oxygen atoms in total. The molecule has 1 aromatic carbocycles. The van der Waals surface area contributed by atoms with Crippen LogP contribution < -0.4 is 0 Å². The van der Waals surface area contributed by atoms with Crippen molar-refractivity contribution in [2.24, 2.45) is 0 Å². The number of hydrogen-bond acceptors (Lipinski definition) is 2. The molecule has 0 aliphatic carbocycles. The van der Waals surface area contributed by atoms with Crippen LogP contribution in [0.2, 0.25) is 0 Å². The van der Waals surface area contributed by atoms with Gasteiger partial charge in [-0.05, 0) is 40.2 Å². The molecule has 0 unspecified atom stereocenters. The number of nitrogens with zero attached hydrogens (tertiary/aromatic N) is 2. The van der Waals surface area contributed by atoms with E-state index < -0.39 is 11.1 Å². The highest BCUT2D eigenvalue weighted by Gasteiger charge is 2.54. The fourth-order valence-electron chi connectivity index (χ4n) is 2.46. The van der Waals surface area contributed by atoms with Crippen molar-refractivity contribution in [2.75, 3.05) is 0 Å². The predicted molar refractivity (Wildman–Crippen MR) is 78.1 cm³/mol. The molecule has 108 valence electrons. The van der Waals surface area contributed by atoms with Crippen LogP contribution >= 0.6 is 0 Å². The Balaban J connectivity index is 2.34. The van der Waals surface area contributed by atoms with E-state index in [1.807, 2.05) is 65.0 Å². The van der Waals surface area contributed by atoms with Crippen molar-refractivity contribution >= 4 is 11.9 Å². The lowest BCUT2D eigenvalue weighted by molar-refractivity contribution is -0.134. The summed E-state index contributed by atoms with van der Waals surface area (Å²) in [5, 5.41) is 0. The van der Waals surface area contributed by atoms with Crippen molar-refractivity contribution in [3.8, 4) is 0 Å². The largest absolute Gasteiger partial charge is 0.328 e. The van der Waals surface area contributed by atoms with E-state index in [1.165, 1.54) is 4.90 Å². The maximum atomic E-state index is 12.6. The maximum absolute atomic E-state index is 12.6. The van der Waals surface area contributed by atoms with Gasteiger partial charge < -0.3 is 4.90 Å². The average Bonchev–Trinajstić information content (AvgIpc) is 2.50. The van der Waals surface area contributed by atoms with Crippen LogP contribution in [0.25, 0.3) is 0 Å². The summed E-state index contributed by atoms with van der Waals surface area (Å²) in [7, 11) is 0. The van der Waals surface area contributed by atoms with E-state index in [9.17, 15) is 9.59 Å². The van der Waals surface area contributed by atoms with Crippen LogP contribution in [0, 0.1) is 0 Å². The van der Waals surface area contributed by atoms with Crippen molar-refractivity contribution in [1.82, 2.24) is 9.80 Å². The number of hydrogen-bond donors (Lipinski definition) is 0. The highest BCUT2D eigenvalue weighted by molar-refractivity contribution is 6.07. The molecule has 1 aliphatic heterocycles. The molecular weight excluding hydrogens is 252 g/mol. The number of rotatable bonds is 2. The van der Waals surface area contributed by atoms with Gasteiger partial charge in [0, 0.05) is 12.1 Å². The van der Waals surface area contributed by atoms with Crippen LogP contribution in [0.15, 0.2) is 30.3 Å². The van der Waals surface area contributed by atoms with Gasteiger partial charge in [-0.1, -0.05) is 30.3 Å². The van der Waals surface area contributed by atoms with Crippen LogP contribution in [0.4, 0.5) is 4.79 Å². The molecule has 2 rings (SSSR count). The molecule has 0 radical (unpaired) electrons. The van der Waals surface area contributed by atoms with Gasteiger partial charge in [-0.25, -0.2) is 4.79 Å². The first-order valence-electron chi connectivity index (χ1n) is 6.86. The van der Waals surface area contributed by atoms with Crippen molar-refractivity contribution in [1.29, 1.82) is 0 Å². The van der Waals surface area contributed by atoms with Crippen LogP contribution in [-0.2, 0) is 11.3 Å². The summed E-state index contributed by atoms with van der Waals surface area (Å²) < 4.78 is 0. The van der Waals surface area contributed by atoms with E-state index >= 15 is 0 Å². The van der Waals surface area contributed by atoms with Gasteiger partial charge >= 0.3 is 6.03 Å². The summed E-state index contributed by atoms with van der Waals surface area (Å²) in [5.74, 6) is -0.133. The zero-order chi connectivity index (χ0) is 15.1. The normalized spacial score (nSPS) is 18.9. The van der Waals surface area contributed by atoms with Gasteiger partial charge in [0.2, 0.25) is 0 Å². The second kappa shape index (κ2) is 4.62. The third kappa shape index (κ3) is 2.30. The molecule has 0 N–H and O–H groups in total. The summed E-state index contributed by atoms with van der Waals surface area (Å²) in [4.78, 5) is 28.2. The molecule has 0 aromatic heterocycles. The number of carbonyl (C=O) groups excluding carboxylic acids is 2. The molecule has 1 aromatic rings. The van der Waals surface area contributed by atoms with E-state index in [4.69, 9.17) is 0 Å². The van der Waals surface area contributed by atoms with Crippen LogP contribution in [0.3, 0.4) is 0 Å². The zero-order valence-electron chi connectivity index (χ0n) is 12.8. The fraction of sp³-hybridized carbons (Fsp3) is 0.500. The summed E-state index contributed by atoms with van der Waals surface area (Å²) in [6, 6.07) is 9.53. The first-order valence-corrected chi connectivity index (χ1v) is 6.86. The van der Waals surface area contributed by atoms with Gasteiger partial charge in [0.05, 0.1) is 0 Å². The third-order valence-corrected chi connectivity index (χ3v) is 3.68. The summed E-state index contributed by atoms with van der Waals surface area (Å²) in [6.45, 7) is 9.70. The van der Waals surface area contributed by atoms with Gasteiger partial charge in [0.15, 0.2) is 0 Å². The van der Waals surface area contributed by atoms with Crippen molar-refractivity contribution in [2.45, 2.75) is 52.2 Å². The molecule has 0 atom stereocenters. The molecule has 1 saturated heterocycles. The molecule has 0 bridgehead atoms. The quantitative estimate of drug-likeness (QED) is 0.778. The Kier molecular flexibility index (Phi) is 3.36. The Morgan fingerprint density at radius 3 is 2.05 bits per heavy atom. The lowest BCUT2D eigenvalue weighted by Crippen LogP contribution is -2.47. The zero-order valence-corrected chi connectivity index (χ0v) is 12.8. The van der Waals surface area contributed by atoms with Gasteiger partial charge in [-0.15, -0.1) is 0 Å². The Morgan fingerprint density at radius 1 is 1.05 bits per heavy atom. The highest BCUT2D eigenvalue weighted by Crippen LogP contribution is 2.33. The van der Waals surface area contributed by atoms with E-state index in [-0.39, 0.29) is 11.9 Å². The van der Waals surface area contributed by atoms with E-state index in [0.29, 0.717) is 6.54 Å². The fourth-order valence-corrected chi connectivity index (χ4v) is 2.46. The minimum atomic E-state index is -0.805. The molecule has 1 aliphatic rings. The molecule has 0 spiro atoms. The maximum Gasteiger partial charge on any atom is 0.328 e. The third-order valence-electron chi connectivity index (χ3n) is 3.68. The van der Waals surface area contributed by atoms with E-state index in [1.54, 1.807) is 4.90 Å². The van der Waals surface area contributed by atoms with Crippen molar-refractivity contribution in [3.05, 3.63) is 35.9 Å². The van der Waals surface area contributed by atoms with Gasteiger partial charge in [-0.2, -0.15) is 0 Å².